The van der Waals surface area contributed by atoms with Crippen molar-refractivity contribution in [3.63, 3.8) is 0 Å². The molecule has 0 amide bonds. The van der Waals surface area contributed by atoms with E-state index in [9.17, 15) is 8.78 Å². The molecule has 0 bridgehead atoms. The number of para-hydroxylation sites is 2. The summed E-state index contributed by atoms with van der Waals surface area (Å²) in [6.07, 6.45) is 0. The molecule has 108 valence electrons. The first-order valence-corrected chi connectivity index (χ1v) is 6.72. The molecule has 0 radical (unpaired) electrons. The first-order chi connectivity index (χ1) is 10.1. The Kier molecular flexibility index (Phi) is 3.47. The number of hydrogen-bond donors (Lipinski definition) is 1. The van der Waals surface area contributed by atoms with Crippen LogP contribution in [-0.4, -0.2) is 16.2 Å². The number of benzene rings is 2. The number of rotatable bonds is 3. The Morgan fingerprint density at radius 3 is 2.71 bits per heavy atom. The standard InChI is InChI=1S/C15H12F2N2OS/c1-9-6-7-11-10(8-9)18-15(21)19(11)12-4-2-3-5-13(12)20-14(16)17/h2-8,14H,1H3,(H,18,21). The van der Waals surface area contributed by atoms with Crippen LogP contribution in [-0.2, 0) is 0 Å². The molecule has 3 nitrogen and oxygen atoms in total. The quantitative estimate of drug-likeness (QED) is 0.717. The van der Waals surface area contributed by atoms with Crippen molar-refractivity contribution < 1.29 is 13.5 Å². The third kappa shape index (κ3) is 2.54. The number of aryl methyl sites for hydroxylation is 1. The van der Waals surface area contributed by atoms with E-state index in [1.807, 2.05) is 25.1 Å². The molecular weight excluding hydrogens is 294 g/mol. The maximum atomic E-state index is 12.5. The highest BCUT2D eigenvalue weighted by Crippen LogP contribution is 2.28. The molecule has 0 spiro atoms. The lowest BCUT2D eigenvalue weighted by Crippen LogP contribution is -2.06. The van der Waals surface area contributed by atoms with Crippen LogP contribution in [0.5, 0.6) is 5.75 Å². The summed E-state index contributed by atoms with van der Waals surface area (Å²) in [5.74, 6) is 0.0880. The SMILES string of the molecule is Cc1ccc2c(c1)[nH]c(=S)n2-c1ccccc1OC(F)F. The molecule has 1 N–H and O–H groups in total. The fourth-order valence-corrected chi connectivity index (χ4v) is 2.61. The van der Waals surface area contributed by atoms with E-state index in [-0.39, 0.29) is 5.75 Å². The minimum atomic E-state index is -2.88. The number of aromatic nitrogens is 2. The van der Waals surface area contributed by atoms with Crippen molar-refractivity contribution in [3.8, 4) is 11.4 Å². The fourth-order valence-electron chi connectivity index (χ4n) is 2.30. The molecule has 0 aliphatic rings. The molecule has 2 aromatic carbocycles. The summed E-state index contributed by atoms with van der Waals surface area (Å²) in [7, 11) is 0. The van der Waals surface area contributed by atoms with Crippen molar-refractivity contribution in [3.05, 3.63) is 52.8 Å². The molecular formula is C15H12F2N2OS. The molecule has 6 heteroatoms. The minimum Gasteiger partial charge on any atom is -0.433 e. The van der Waals surface area contributed by atoms with Crippen LogP contribution >= 0.6 is 12.2 Å². The first kappa shape index (κ1) is 13.8. The van der Waals surface area contributed by atoms with Gasteiger partial charge in [-0.2, -0.15) is 8.78 Å². The molecule has 0 aliphatic carbocycles. The van der Waals surface area contributed by atoms with Crippen LogP contribution in [0.3, 0.4) is 0 Å². The number of fused-ring (bicyclic) bond motifs is 1. The molecule has 1 aromatic heterocycles. The highest BCUT2D eigenvalue weighted by Gasteiger charge is 2.14. The third-order valence-electron chi connectivity index (χ3n) is 3.16. The number of nitrogens with one attached hydrogen (secondary N) is 1. The number of ether oxygens (including phenoxy) is 1. The van der Waals surface area contributed by atoms with Crippen LogP contribution < -0.4 is 4.74 Å². The lowest BCUT2D eigenvalue weighted by molar-refractivity contribution is -0.0498. The molecule has 0 atom stereocenters. The van der Waals surface area contributed by atoms with Gasteiger partial charge in [-0.05, 0) is 49.0 Å². The summed E-state index contributed by atoms with van der Waals surface area (Å²) < 4.78 is 31.8. The van der Waals surface area contributed by atoms with E-state index in [2.05, 4.69) is 9.72 Å². The van der Waals surface area contributed by atoms with Crippen molar-refractivity contribution in [2.24, 2.45) is 0 Å². The van der Waals surface area contributed by atoms with Gasteiger partial charge < -0.3 is 9.72 Å². The normalized spacial score (nSPS) is 11.2. The predicted octanol–water partition coefficient (Wildman–Crippen LogP) is 4.60. The smallest absolute Gasteiger partial charge is 0.387 e. The molecule has 0 saturated heterocycles. The Labute approximate surface area is 124 Å². The lowest BCUT2D eigenvalue weighted by atomic mass is 10.2. The van der Waals surface area contributed by atoms with Crippen molar-refractivity contribution in [2.45, 2.75) is 13.5 Å². The van der Waals surface area contributed by atoms with Gasteiger partial charge in [-0.25, -0.2) is 0 Å². The largest absolute Gasteiger partial charge is 0.433 e. The number of imidazole rings is 1. The number of H-pyrrole nitrogens is 1. The summed E-state index contributed by atoms with van der Waals surface area (Å²) >= 11 is 5.32. The van der Waals surface area contributed by atoms with E-state index >= 15 is 0 Å². The van der Waals surface area contributed by atoms with Gasteiger partial charge in [0.2, 0.25) is 0 Å². The van der Waals surface area contributed by atoms with E-state index in [1.54, 1.807) is 22.8 Å². The minimum absolute atomic E-state index is 0.0880. The van der Waals surface area contributed by atoms with Gasteiger partial charge in [-0.1, -0.05) is 18.2 Å². The van der Waals surface area contributed by atoms with Gasteiger partial charge in [0.05, 0.1) is 16.7 Å². The van der Waals surface area contributed by atoms with Crippen LogP contribution in [0.15, 0.2) is 42.5 Å². The summed E-state index contributed by atoms with van der Waals surface area (Å²) in [4.78, 5) is 3.08. The number of alkyl halides is 2. The van der Waals surface area contributed by atoms with Crippen molar-refractivity contribution >= 4 is 23.3 Å². The second kappa shape index (κ2) is 5.29. The third-order valence-corrected chi connectivity index (χ3v) is 3.44. The van der Waals surface area contributed by atoms with E-state index in [4.69, 9.17) is 12.2 Å². The van der Waals surface area contributed by atoms with Crippen molar-refractivity contribution in [1.29, 1.82) is 0 Å². The molecule has 3 aromatic rings. The van der Waals surface area contributed by atoms with Gasteiger partial charge in [-0.3, -0.25) is 4.57 Å². The number of hydrogen-bond acceptors (Lipinski definition) is 2. The van der Waals surface area contributed by atoms with Crippen LogP contribution in [0.2, 0.25) is 0 Å². The highest BCUT2D eigenvalue weighted by molar-refractivity contribution is 7.71. The summed E-state index contributed by atoms with van der Waals surface area (Å²) in [5, 5.41) is 0. The highest BCUT2D eigenvalue weighted by atomic mass is 32.1. The molecule has 3 rings (SSSR count). The van der Waals surface area contributed by atoms with Crippen molar-refractivity contribution in [1.82, 2.24) is 9.55 Å². The zero-order valence-corrected chi connectivity index (χ0v) is 12.0. The monoisotopic (exact) mass is 306 g/mol. The van der Waals surface area contributed by atoms with Gasteiger partial charge in [0.25, 0.3) is 0 Å². The Balaban J connectivity index is 2.26. The molecule has 21 heavy (non-hydrogen) atoms. The number of aromatic amines is 1. The van der Waals surface area contributed by atoms with Gasteiger partial charge in [-0.15, -0.1) is 0 Å². The second-order valence-electron chi connectivity index (χ2n) is 4.63. The predicted molar refractivity (Wildman–Crippen MR) is 79.8 cm³/mol. The summed E-state index contributed by atoms with van der Waals surface area (Å²) in [6, 6.07) is 12.4. The maximum absolute atomic E-state index is 12.5. The fraction of sp³-hybridized carbons (Fsp3) is 0.133. The van der Waals surface area contributed by atoms with Crippen LogP contribution in [0.1, 0.15) is 5.56 Å². The van der Waals surface area contributed by atoms with Gasteiger partial charge in [0, 0.05) is 0 Å². The van der Waals surface area contributed by atoms with Gasteiger partial charge in [0.1, 0.15) is 5.75 Å². The Bertz CT molecular complexity index is 854. The summed E-state index contributed by atoms with van der Waals surface area (Å²) in [6.45, 7) is -0.908. The number of nitrogens with zero attached hydrogens (tertiary/aromatic N) is 1. The topological polar surface area (TPSA) is 29.9 Å². The average molecular weight is 306 g/mol. The zero-order valence-electron chi connectivity index (χ0n) is 11.1. The Hall–Kier alpha value is -2.21. The Morgan fingerprint density at radius 2 is 1.95 bits per heavy atom. The van der Waals surface area contributed by atoms with E-state index in [0.717, 1.165) is 16.6 Å². The van der Waals surface area contributed by atoms with Crippen molar-refractivity contribution in [2.75, 3.05) is 0 Å². The Morgan fingerprint density at radius 1 is 1.19 bits per heavy atom. The van der Waals surface area contributed by atoms with Crippen LogP contribution in [0.4, 0.5) is 8.78 Å². The number of halogens is 2. The first-order valence-electron chi connectivity index (χ1n) is 6.32. The maximum Gasteiger partial charge on any atom is 0.387 e. The average Bonchev–Trinajstić information content (AvgIpc) is 2.74. The molecule has 0 aliphatic heterocycles. The van der Waals surface area contributed by atoms with E-state index < -0.39 is 6.61 Å². The van der Waals surface area contributed by atoms with Gasteiger partial charge in [0.15, 0.2) is 4.77 Å². The molecule has 0 saturated carbocycles. The van der Waals surface area contributed by atoms with Crippen LogP contribution in [0.25, 0.3) is 16.7 Å². The van der Waals surface area contributed by atoms with Crippen LogP contribution in [0, 0.1) is 11.7 Å². The summed E-state index contributed by atoms with van der Waals surface area (Å²) in [5.41, 5.74) is 3.24. The zero-order chi connectivity index (χ0) is 15.0. The second-order valence-corrected chi connectivity index (χ2v) is 5.02. The molecule has 1 heterocycles. The molecule has 0 unspecified atom stereocenters. The molecule has 0 fully saturated rings. The van der Waals surface area contributed by atoms with E-state index in [1.165, 1.54) is 6.07 Å². The van der Waals surface area contributed by atoms with E-state index in [0.29, 0.717) is 10.5 Å². The lowest BCUT2D eigenvalue weighted by Gasteiger charge is -2.12. The van der Waals surface area contributed by atoms with Gasteiger partial charge >= 0.3 is 6.61 Å².